The summed E-state index contributed by atoms with van der Waals surface area (Å²) in [6.07, 6.45) is 9.05. The van der Waals surface area contributed by atoms with Gasteiger partial charge < -0.3 is 4.57 Å². The second-order valence-electron chi connectivity index (χ2n) is 8.07. The molecule has 0 radical (unpaired) electrons. The summed E-state index contributed by atoms with van der Waals surface area (Å²) in [5.41, 5.74) is 3.64. The van der Waals surface area contributed by atoms with Crippen molar-refractivity contribution in [3.63, 3.8) is 0 Å². The van der Waals surface area contributed by atoms with Crippen LogP contribution in [-0.4, -0.2) is 25.4 Å². The van der Waals surface area contributed by atoms with E-state index >= 15 is 0 Å². The van der Waals surface area contributed by atoms with Gasteiger partial charge in [-0.2, -0.15) is 0 Å². The molecule has 0 aliphatic heterocycles. The Morgan fingerprint density at radius 2 is 1.94 bits per heavy atom. The first kappa shape index (κ1) is 20.9. The van der Waals surface area contributed by atoms with E-state index in [2.05, 4.69) is 29.1 Å². The molecule has 7 heteroatoms. The van der Waals surface area contributed by atoms with Crippen molar-refractivity contribution < 1.29 is 4.79 Å². The monoisotopic (exact) mass is 431 g/mol. The Kier molecular flexibility index (Phi) is 6.23. The van der Waals surface area contributed by atoms with Gasteiger partial charge in [0, 0.05) is 47.8 Å². The maximum atomic E-state index is 12.9. The highest BCUT2D eigenvalue weighted by Gasteiger charge is 2.24. The van der Waals surface area contributed by atoms with Crippen LogP contribution < -0.4 is 5.32 Å². The molecule has 158 valence electrons. The number of carbonyl (C=O) groups excluding carboxylic acids is 1. The van der Waals surface area contributed by atoms with E-state index in [1.165, 1.54) is 11.3 Å². The number of thiazole rings is 1. The van der Waals surface area contributed by atoms with Gasteiger partial charge in [-0.05, 0) is 54.8 Å². The van der Waals surface area contributed by atoms with Gasteiger partial charge in [0.25, 0.3) is 5.91 Å². The van der Waals surface area contributed by atoms with Gasteiger partial charge in [0.05, 0.1) is 5.69 Å². The molecule has 0 bridgehead atoms. The van der Waals surface area contributed by atoms with Crippen molar-refractivity contribution in [2.24, 2.45) is 0 Å². The largest absolute Gasteiger partial charge is 0.339 e. The minimum atomic E-state index is -0.161. The average molecular weight is 432 g/mol. The molecule has 0 atom stereocenters. The lowest BCUT2D eigenvalue weighted by Crippen LogP contribution is -2.20. The number of hydrogen-bond acceptors (Lipinski definition) is 5. The van der Waals surface area contributed by atoms with E-state index in [0.29, 0.717) is 17.4 Å². The van der Waals surface area contributed by atoms with E-state index in [-0.39, 0.29) is 11.3 Å². The number of anilines is 1. The van der Waals surface area contributed by atoms with E-state index < -0.39 is 0 Å². The van der Waals surface area contributed by atoms with Gasteiger partial charge in [-0.3, -0.25) is 20.1 Å². The summed E-state index contributed by atoms with van der Waals surface area (Å²) in [4.78, 5) is 26.0. The SMILES string of the molecule is CC(C)(CCc1ccccn1)c1csc(NC(=O)c2cccn2Cc2ccncc2)n1. The lowest BCUT2D eigenvalue weighted by Gasteiger charge is -2.22. The maximum Gasteiger partial charge on any atom is 0.274 e. The van der Waals surface area contributed by atoms with E-state index in [0.717, 1.165) is 29.8 Å². The summed E-state index contributed by atoms with van der Waals surface area (Å²) < 4.78 is 1.93. The molecule has 4 rings (SSSR count). The smallest absolute Gasteiger partial charge is 0.274 e. The van der Waals surface area contributed by atoms with Crippen molar-refractivity contribution in [1.82, 2.24) is 19.5 Å². The van der Waals surface area contributed by atoms with Crippen LogP contribution in [0.25, 0.3) is 0 Å². The van der Waals surface area contributed by atoms with Crippen molar-refractivity contribution in [2.45, 2.75) is 38.6 Å². The minimum absolute atomic E-state index is 0.113. The Morgan fingerprint density at radius 1 is 1.10 bits per heavy atom. The predicted octanol–water partition coefficient (Wildman–Crippen LogP) is 4.95. The molecule has 0 saturated carbocycles. The van der Waals surface area contributed by atoms with E-state index in [4.69, 9.17) is 4.98 Å². The van der Waals surface area contributed by atoms with Crippen LogP contribution in [0.2, 0.25) is 0 Å². The number of rotatable bonds is 8. The van der Waals surface area contributed by atoms with Crippen molar-refractivity contribution in [3.8, 4) is 0 Å². The summed E-state index contributed by atoms with van der Waals surface area (Å²) in [6.45, 7) is 4.97. The molecule has 0 aliphatic rings. The average Bonchev–Trinajstić information content (AvgIpc) is 3.44. The molecule has 0 aromatic carbocycles. The molecule has 0 unspecified atom stereocenters. The maximum absolute atomic E-state index is 12.9. The predicted molar refractivity (Wildman–Crippen MR) is 123 cm³/mol. The molecule has 0 fully saturated rings. The standard InChI is InChI=1S/C24H25N5OS/c1-24(2,11-8-19-6-3-4-12-26-19)21-17-31-23(27-21)28-22(30)20-7-5-15-29(20)16-18-9-13-25-14-10-18/h3-7,9-10,12-15,17H,8,11,16H2,1-2H3,(H,27,28,30). The highest BCUT2D eigenvalue weighted by Crippen LogP contribution is 2.31. The third-order valence-electron chi connectivity index (χ3n) is 5.31. The quantitative estimate of drug-likeness (QED) is 0.429. The number of aromatic nitrogens is 4. The fraction of sp³-hybridized carbons (Fsp3) is 0.250. The van der Waals surface area contributed by atoms with Gasteiger partial charge >= 0.3 is 0 Å². The third-order valence-corrected chi connectivity index (χ3v) is 6.07. The highest BCUT2D eigenvalue weighted by molar-refractivity contribution is 7.14. The van der Waals surface area contributed by atoms with Gasteiger partial charge in [0.2, 0.25) is 0 Å². The molecule has 0 aliphatic carbocycles. The van der Waals surface area contributed by atoms with E-state index in [9.17, 15) is 4.79 Å². The molecule has 4 aromatic heterocycles. The lowest BCUT2D eigenvalue weighted by molar-refractivity contribution is 0.101. The van der Waals surface area contributed by atoms with Gasteiger partial charge in [-0.1, -0.05) is 19.9 Å². The number of amides is 1. The van der Waals surface area contributed by atoms with Crippen molar-refractivity contribution in [3.05, 3.63) is 95.3 Å². The second-order valence-corrected chi connectivity index (χ2v) is 8.93. The minimum Gasteiger partial charge on any atom is -0.339 e. The van der Waals surface area contributed by atoms with Crippen molar-refractivity contribution in [1.29, 1.82) is 0 Å². The Hall–Kier alpha value is -3.32. The zero-order valence-electron chi connectivity index (χ0n) is 17.7. The summed E-state index contributed by atoms with van der Waals surface area (Å²) >= 11 is 1.46. The Morgan fingerprint density at radius 3 is 2.71 bits per heavy atom. The van der Waals surface area contributed by atoms with Crippen LogP contribution in [0, 0.1) is 0 Å². The molecular formula is C24H25N5OS. The zero-order valence-corrected chi connectivity index (χ0v) is 18.5. The first-order valence-corrected chi connectivity index (χ1v) is 11.1. The number of nitrogens with zero attached hydrogens (tertiary/aromatic N) is 4. The van der Waals surface area contributed by atoms with E-state index in [1.807, 2.05) is 64.8 Å². The molecule has 0 spiro atoms. The summed E-state index contributed by atoms with van der Waals surface area (Å²) in [5.74, 6) is -0.161. The summed E-state index contributed by atoms with van der Waals surface area (Å²) in [6, 6.07) is 13.6. The van der Waals surface area contributed by atoms with Gasteiger partial charge in [0.1, 0.15) is 5.69 Å². The number of carbonyl (C=O) groups is 1. The number of aryl methyl sites for hydroxylation is 1. The topological polar surface area (TPSA) is 72.7 Å². The Balaban J connectivity index is 1.41. The molecule has 0 saturated heterocycles. The first-order valence-electron chi connectivity index (χ1n) is 10.2. The summed E-state index contributed by atoms with van der Waals surface area (Å²) in [7, 11) is 0. The third kappa shape index (κ3) is 5.24. The molecule has 1 amide bonds. The lowest BCUT2D eigenvalue weighted by atomic mass is 9.84. The highest BCUT2D eigenvalue weighted by atomic mass is 32.1. The first-order chi connectivity index (χ1) is 15.0. The fourth-order valence-electron chi connectivity index (χ4n) is 3.36. The Bertz CT molecular complexity index is 1140. The number of hydrogen-bond donors (Lipinski definition) is 1. The number of pyridine rings is 2. The Labute approximate surface area is 186 Å². The summed E-state index contributed by atoms with van der Waals surface area (Å²) in [5, 5.41) is 5.61. The van der Waals surface area contributed by atoms with Crippen LogP contribution in [0.5, 0.6) is 0 Å². The van der Waals surface area contributed by atoms with Gasteiger partial charge in [-0.25, -0.2) is 4.98 Å². The van der Waals surface area contributed by atoms with Gasteiger partial charge in [0.15, 0.2) is 5.13 Å². The van der Waals surface area contributed by atoms with Crippen LogP contribution in [0.15, 0.2) is 72.6 Å². The normalized spacial score (nSPS) is 11.4. The molecule has 31 heavy (non-hydrogen) atoms. The van der Waals surface area contributed by atoms with Crippen molar-refractivity contribution >= 4 is 22.4 Å². The van der Waals surface area contributed by atoms with Gasteiger partial charge in [-0.15, -0.1) is 11.3 Å². The van der Waals surface area contributed by atoms with Crippen LogP contribution in [0.4, 0.5) is 5.13 Å². The number of nitrogens with one attached hydrogen (secondary N) is 1. The van der Waals surface area contributed by atoms with Crippen LogP contribution in [-0.2, 0) is 18.4 Å². The zero-order chi connectivity index (χ0) is 21.7. The molecule has 4 aromatic rings. The molecular weight excluding hydrogens is 406 g/mol. The fourth-order valence-corrected chi connectivity index (χ4v) is 4.26. The van der Waals surface area contributed by atoms with Crippen LogP contribution >= 0.6 is 11.3 Å². The molecule has 6 nitrogen and oxygen atoms in total. The van der Waals surface area contributed by atoms with Crippen LogP contribution in [0.1, 0.15) is 47.7 Å². The van der Waals surface area contributed by atoms with E-state index in [1.54, 1.807) is 12.4 Å². The second kappa shape index (κ2) is 9.22. The van der Waals surface area contributed by atoms with Crippen molar-refractivity contribution in [2.75, 3.05) is 5.32 Å². The molecule has 4 heterocycles. The molecule has 1 N–H and O–H groups in total. The van der Waals surface area contributed by atoms with Crippen LogP contribution in [0.3, 0.4) is 0 Å².